The van der Waals surface area contributed by atoms with Crippen molar-refractivity contribution in [1.82, 2.24) is 15.5 Å². The molecule has 0 amide bonds. The minimum absolute atomic E-state index is 0.389. The zero-order valence-corrected chi connectivity index (χ0v) is 12.3. The topological polar surface area (TPSA) is 60.2 Å². The van der Waals surface area contributed by atoms with E-state index in [9.17, 15) is 0 Å². The first kappa shape index (κ1) is 14.2. The molecular formula is C16H21N3O2. The average Bonchev–Trinajstić information content (AvgIpc) is 3.17. The van der Waals surface area contributed by atoms with E-state index in [0.717, 1.165) is 31.6 Å². The van der Waals surface area contributed by atoms with Crippen LogP contribution in [0.4, 0.5) is 0 Å². The molecule has 5 nitrogen and oxygen atoms in total. The Morgan fingerprint density at radius 1 is 1.24 bits per heavy atom. The summed E-state index contributed by atoms with van der Waals surface area (Å²) in [5.41, 5.74) is 0.950. The van der Waals surface area contributed by atoms with Gasteiger partial charge in [0.05, 0.1) is 12.6 Å². The van der Waals surface area contributed by atoms with E-state index >= 15 is 0 Å². The van der Waals surface area contributed by atoms with Gasteiger partial charge in [-0.25, -0.2) is 0 Å². The van der Waals surface area contributed by atoms with Crippen molar-refractivity contribution < 1.29 is 9.15 Å². The van der Waals surface area contributed by atoms with Crippen molar-refractivity contribution >= 4 is 0 Å². The lowest BCUT2D eigenvalue weighted by Crippen LogP contribution is -2.28. The lowest BCUT2D eigenvalue weighted by Gasteiger charge is -2.16. The van der Waals surface area contributed by atoms with Gasteiger partial charge in [0.2, 0.25) is 11.8 Å². The molecule has 0 radical (unpaired) electrons. The zero-order chi connectivity index (χ0) is 14.5. The molecule has 2 aromatic rings. The first-order valence-corrected chi connectivity index (χ1v) is 7.57. The average molecular weight is 287 g/mol. The molecule has 1 aliphatic heterocycles. The Labute approximate surface area is 124 Å². The van der Waals surface area contributed by atoms with E-state index in [-0.39, 0.29) is 0 Å². The minimum atomic E-state index is 0.389. The molecule has 21 heavy (non-hydrogen) atoms. The molecule has 1 aromatic carbocycles. The van der Waals surface area contributed by atoms with Gasteiger partial charge in [0.25, 0.3) is 0 Å². The second kappa shape index (κ2) is 6.83. The number of nitrogens with zero attached hydrogens (tertiary/aromatic N) is 2. The third kappa shape index (κ3) is 3.49. The Morgan fingerprint density at radius 3 is 2.90 bits per heavy atom. The number of nitrogens with one attached hydrogen (secondary N) is 1. The van der Waals surface area contributed by atoms with E-state index in [1.807, 2.05) is 30.3 Å². The summed E-state index contributed by atoms with van der Waals surface area (Å²) in [6.07, 6.45) is 2.59. The minimum Gasteiger partial charge on any atom is -0.419 e. The number of hydrogen-bond donors (Lipinski definition) is 1. The fourth-order valence-corrected chi connectivity index (χ4v) is 2.76. The molecule has 0 spiro atoms. The maximum absolute atomic E-state index is 5.69. The molecule has 2 unspecified atom stereocenters. The molecule has 1 fully saturated rings. The maximum atomic E-state index is 5.69. The fourth-order valence-electron chi connectivity index (χ4n) is 2.76. The van der Waals surface area contributed by atoms with Gasteiger partial charge in [0.15, 0.2) is 0 Å². The van der Waals surface area contributed by atoms with Gasteiger partial charge in [0, 0.05) is 18.7 Å². The third-order valence-electron chi connectivity index (χ3n) is 3.92. The van der Waals surface area contributed by atoms with Crippen LogP contribution in [0, 0.1) is 5.92 Å². The summed E-state index contributed by atoms with van der Waals surface area (Å²) in [4.78, 5) is 0. The van der Waals surface area contributed by atoms with Crippen LogP contribution < -0.4 is 5.32 Å². The maximum Gasteiger partial charge on any atom is 0.247 e. The van der Waals surface area contributed by atoms with Crippen LogP contribution in [-0.2, 0) is 11.3 Å². The molecule has 0 saturated carbocycles. The van der Waals surface area contributed by atoms with Gasteiger partial charge in [-0.05, 0) is 30.9 Å². The van der Waals surface area contributed by atoms with Crippen molar-refractivity contribution in [2.75, 3.05) is 13.2 Å². The van der Waals surface area contributed by atoms with Gasteiger partial charge in [-0.2, -0.15) is 0 Å². The van der Waals surface area contributed by atoms with Crippen LogP contribution in [0.1, 0.15) is 25.7 Å². The second-order valence-corrected chi connectivity index (χ2v) is 5.36. The highest BCUT2D eigenvalue weighted by Gasteiger charge is 2.26. The molecule has 1 N–H and O–H groups in total. The molecule has 1 saturated heterocycles. The predicted octanol–water partition coefficient (Wildman–Crippen LogP) is 2.64. The Bertz CT molecular complexity index is 556. The summed E-state index contributed by atoms with van der Waals surface area (Å²) in [7, 11) is 0. The largest absolute Gasteiger partial charge is 0.419 e. The van der Waals surface area contributed by atoms with Gasteiger partial charge >= 0.3 is 0 Å². The Balaban J connectivity index is 1.51. The molecule has 1 aliphatic rings. The van der Waals surface area contributed by atoms with Crippen molar-refractivity contribution in [3.05, 3.63) is 36.2 Å². The number of ether oxygens (including phenoxy) is 1. The van der Waals surface area contributed by atoms with E-state index in [4.69, 9.17) is 9.15 Å². The SMILES string of the molecule is CCC1OCCC1CNCc1nnc(-c2ccccc2)o1. The van der Waals surface area contributed by atoms with Crippen molar-refractivity contribution in [1.29, 1.82) is 0 Å². The van der Waals surface area contributed by atoms with Crippen LogP contribution in [-0.4, -0.2) is 29.5 Å². The Hall–Kier alpha value is -1.72. The molecule has 0 aliphatic carbocycles. The van der Waals surface area contributed by atoms with Crippen molar-refractivity contribution in [2.45, 2.75) is 32.4 Å². The van der Waals surface area contributed by atoms with Crippen LogP contribution in [0.15, 0.2) is 34.7 Å². The molecule has 112 valence electrons. The van der Waals surface area contributed by atoms with Crippen molar-refractivity contribution in [3.8, 4) is 11.5 Å². The molecule has 3 rings (SSSR count). The van der Waals surface area contributed by atoms with Crippen LogP contribution >= 0.6 is 0 Å². The Morgan fingerprint density at radius 2 is 2.10 bits per heavy atom. The smallest absolute Gasteiger partial charge is 0.247 e. The summed E-state index contributed by atoms with van der Waals surface area (Å²) in [5.74, 6) is 1.79. The Kier molecular flexibility index (Phi) is 4.62. The summed E-state index contributed by atoms with van der Waals surface area (Å²) >= 11 is 0. The lowest BCUT2D eigenvalue weighted by atomic mass is 10.00. The monoisotopic (exact) mass is 287 g/mol. The highest BCUT2D eigenvalue weighted by Crippen LogP contribution is 2.22. The van der Waals surface area contributed by atoms with Crippen LogP contribution in [0.5, 0.6) is 0 Å². The van der Waals surface area contributed by atoms with Gasteiger partial charge in [0.1, 0.15) is 0 Å². The third-order valence-corrected chi connectivity index (χ3v) is 3.92. The van der Waals surface area contributed by atoms with E-state index < -0.39 is 0 Å². The standard InChI is InChI=1S/C16H21N3O2/c1-2-14-13(8-9-20-14)10-17-11-15-18-19-16(21-15)12-6-4-3-5-7-12/h3-7,13-14,17H,2,8-11H2,1H3. The van der Waals surface area contributed by atoms with Crippen LogP contribution in [0.2, 0.25) is 0 Å². The fraction of sp³-hybridized carbons (Fsp3) is 0.500. The molecule has 1 aromatic heterocycles. The van der Waals surface area contributed by atoms with E-state index in [2.05, 4.69) is 22.4 Å². The normalized spacial score (nSPS) is 21.8. The quantitative estimate of drug-likeness (QED) is 0.885. The first-order valence-electron chi connectivity index (χ1n) is 7.57. The summed E-state index contributed by atoms with van der Waals surface area (Å²) < 4.78 is 11.4. The predicted molar refractivity (Wildman–Crippen MR) is 79.6 cm³/mol. The van der Waals surface area contributed by atoms with Gasteiger partial charge in [-0.15, -0.1) is 10.2 Å². The first-order chi connectivity index (χ1) is 10.4. The van der Waals surface area contributed by atoms with Crippen LogP contribution in [0.3, 0.4) is 0 Å². The molecular weight excluding hydrogens is 266 g/mol. The number of benzene rings is 1. The summed E-state index contributed by atoms with van der Waals surface area (Å²) in [6.45, 7) is 4.59. The van der Waals surface area contributed by atoms with Crippen molar-refractivity contribution in [2.24, 2.45) is 5.92 Å². The number of rotatable bonds is 6. The van der Waals surface area contributed by atoms with Crippen molar-refractivity contribution in [3.63, 3.8) is 0 Å². The second-order valence-electron chi connectivity index (χ2n) is 5.36. The molecule has 0 bridgehead atoms. The number of aromatic nitrogens is 2. The van der Waals surface area contributed by atoms with E-state index in [0.29, 0.717) is 30.3 Å². The van der Waals surface area contributed by atoms with E-state index in [1.165, 1.54) is 0 Å². The van der Waals surface area contributed by atoms with Gasteiger partial charge < -0.3 is 14.5 Å². The molecule has 2 heterocycles. The lowest BCUT2D eigenvalue weighted by molar-refractivity contribution is 0.0871. The molecule has 5 heteroatoms. The van der Waals surface area contributed by atoms with E-state index in [1.54, 1.807) is 0 Å². The highest BCUT2D eigenvalue weighted by molar-refractivity contribution is 5.51. The number of hydrogen-bond acceptors (Lipinski definition) is 5. The zero-order valence-electron chi connectivity index (χ0n) is 12.3. The summed E-state index contributed by atoms with van der Waals surface area (Å²) in [6, 6.07) is 9.82. The van der Waals surface area contributed by atoms with Gasteiger partial charge in [-0.3, -0.25) is 0 Å². The summed E-state index contributed by atoms with van der Waals surface area (Å²) in [5, 5.41) is 11.6. The van der Waals surface area contributed by atoms with Crippen LogP contribution in [0.25, 0.3) is 11.5 Å². The van der Waals surface area contributed by atoms with Gasteiger partial charge in [-0.1, -0.05) is 25.1 Å². The molecule has 2 atom stereocenters. The highest BCUT2D eigenvalue weighted by atomic mass is 16.5.